The second-order valence-electron chi connectivity index (χ2n) is 20.2. The zero-order valence-electron chi connectivity index (χ0n) is 34.7. The largest absolute Gasteiger partial charge is 0.508 e. The van der Waals surface area contributed by atoms with Crippen molar-refractivity contribution in [3.05, 3.63) is 47.6 Å². The predicted molar refractivity (Wildman–Crippen MR) is 216 cm³/mol. The van der Waals surface area contributed by atoms with Crippen LogP contribution in [0.2, 0.25) is 0 Å². The number of phenols is 1. The molecule has 1 aromatic rings. The number of benzene rings is 1. The molecule has 1 amide bonds. The number of aliphatic hydroxyl groups excluding tert-OH is 3. The van der Waals surface area contributed by atoms with Crippen LogP contribution in [0, 0.1) is 51.8 Å². The van der Waals surface area contributed by atoms with E-state index in [1.54, 1.807) is 23.1 Å². The topological polar surface area (TPSA) is 171 Å². The summed E-state index contributed by atoms with van der Waals surface area (Å²) in [4.78, 5) is 29.6. The van der Waals surface area contributed by atoms with Gasteiger partial charge in [0.05, 0.1) is 35.9 Å². The van der Waals surface area contributed by atoms with Crippen LogP contribution in [0.25, 0.3) is 0 Å². The molecule has 10 nitrogen and oxygen atoms in total. The van der Waals surface area contributed by atoms with Crippen LogP contribution in [0.1, 0.15) is 117 Å². The third-order valence-corrected chi connectivity index (χ3v) is 17.2. The van der Waals surface area contributed by atoms with Gasteiger partial charge in [-0.15, -0.1) is 0 Å². The number of nitrogens with zero attached hydrogens (tertiary/aromatic N) is 1. The van der Waals surface area contributed by atoms with E-state index in [4.69, 9.17) is 4.74 Å². The molecular weight excluding hydrogens is 723 g/mol. The first kappa shape index (κ1) is 41.1. The van der Waals surface area contributed by atoms with Crippen molar-refractivity contribution in [2.75, 3.05) is 18.1 Å². The average Bonchev–Trinajstić information content (AvgIpc) is 3.82. The van der Waals surface area contributed by atoms with Crippen molar-refractivity contribution >= 4 is 17.4 Å². The fourth-order valence-corrected chi connectivity index (χ4v) is 13.7. The minimum absolute atomic E-state index is 0.0555. The SMILES string of the molecule is CCCCC[C@H]1CC(=O)N(c2cc(O)cc(CC[C@@]34[C@@H]5C=CC[C@](O)([C@H]6O[C@H]6[C@H](C)C(C)C)[C@@H]3CC[C@@]4(O)C3=CC(=O)[C@@]4(CO)C[C@@H](O)[C@@H](O)C[C@]4(C)[C@H]3C5)c2)C1. The van der Waals surface area contributed by atoms with Crippen molar-refractivity contribution in [1.29, 1.82) is 0 Å². The van der Waals surface area contributed by atoms with Crippen molar-refractivity contribution < 1.29 is 45.0 Å². The van der Waals surface area contributed by atoms with Gasteiger partial charge in [-0.05, 0) is 122 Å². The number of carbonyl (C=O) groups excluding carboxylic acids is 2. The van der Waals surface area contributed by atoms with Gasteiger partial charge in [-0.1, -0.05) is 66.0 Å². The normalized spacial score (nSPS) is 44.1. The van der Waals surface area contributed by atoms with Gasteiger partial charge in [0.15, 0.2) is 5.78 Å². The number of fused-ring (bicyclic) bond motifs is 4. The number of carbonyl (C=O) groups is 2. The summed E-state index contributed by atoms with van der Waals surface area (Å²) >= 11 is 0. The number of aryl methyl sites for hydroxylation is 1. The van der Waals surface area contributed by atoms with Crippen LogP contribution in [0.3, 0.4) is 0 Å². The van der Waals surface area contributed by atoms with Crippen LogP contribution in [-0.2, 0) is 20.7 Å². The Bertz CT molecular complexity index is 1810. The second-order valence-corrected chi connectivity index (χ2v) is 20.2. The van der Waals surface area contributed by atoms with Crippen molar-refractivity contribution in [3.63, 3.8) is 0 Å². The molecule has 314 valence electrons. The summed E-state index contributed by atoms with van der Waals surface area (Å²) < 4.78 is 6.42. The van der Waals surface area contributed by atoms with Crippen molar-refractivity contribution in [2.45, 2.75) is 154 Å². The first-order valence-corrected chi connectivity index (χ1v) is 22.1. The maximum Gasteiger partial charge on any atom is 0.227 e. The summed E-state index contributed by atoms with van der Waals surface area (Å²) in [5, 5.41) is 70.9. The number of allylic oxidation sites excluding steroid dienone is 2. The molecule has 8 rings (SSSR count). The monoisotopic (exact) mass is 789 g/mol. The lowest BCUT2D eigenvalue weighted by atomic mass is 9.39. The Morgan fingerprint density at radius 3 is 2.51 bits per heavy atom. The van der Waals surface area contributed by atoms with Gasteiger partial charge in [0.2, 0.25) is 5.91 Å². The number of anilines is 1. The molecule has 57 heavy (non-hydrogen) atoms. The van der Waals surface area contributed by atoms with Gasteiger partial charge in [0.1, 0.15) is 17.5 Å². The number of ketones is 1. The Morgan fingerprint density at radius 1 is 1.04 bits per heavy atom. The summed E-state index contributed by atoms with van der Waals surface area (Å²) in [6.45, 7) is 10.8. The third kappa shape index (κ3) is 6.07. The number of hydrogen-bond donors (Lipinski definition) is 6. The van der Waals surface area contributed by atoms with E-state index in [1.165, 1.54) is 0 Å². The van der Waals surface area contributed by atoms with E-state index >= 15 is 0 Å². The van der Waals surface area contributed by atoms with Gasteiger partial charge in [-0.25, -0.2) is 0 Å². The smallest absolute Gasteiger partial charge is 0.227 e. The van der Waals surface area contributed by atoms with Crippen LogP contribution < -0.4 is 4.90 Å². The van der Waals surface area contributed by atoms with Crippen molar-refractivity contribution in [2.24, 2.45) is 51.8 Å². The maximum absolute atomic E-state index is 14.5. The van der Waals surface area contributed by atoms with Gasteiger partial charge in [-0.2, -0.15) is 0 Å². The van der Waals surface area contributed by atoms with Crippen LogP contribution in [-0.4, -0.2) is 91.1 Å². The molecule has 5 fully saturated rings. The number of aliphatic hydroxyl groups is 5. The summed E-state index contributed by atoms with van der Waals surface area (Å²) in [6, 6.07) is 5.39. The Morgan fingerprint density at radius 2 is 1.79 bits per heavy atom. The number of ether oxygens (including phenoxy) is 1. The minimum Gasteiger partial charge on any atom is -0.508 e. The average molecular weight is 790 g/mol. The molecule has 14 atom stereocenters. The van der Waals surface area contributed by atoms with E-state index < -0.39 is 58.3 Å². The highest BCUT2D eigenvalue weighted by molar-refractivity contribution is 5.98. The van der Waals surface area contributed by atoms with Gasteiger partial charge < -0.3 is 40.3 Å². The van der Waals surface area contributed by atoms with Gasteiger partial charge in [0.25, 0.3) is 0 Å². The number of rotatable bonds is 12. The zero-order valence-corrected chi connectivity index (χ0v) is 34.7. The number of phenolic OH excluding ortho intramolecular Hbond substituents is 1. The molecule has 2 saturated heterocycles. The Labute approximate surface area is 338 Å². The first-order chi connectivity index (χ1) is 27.0. The molecule has 5 aliphatic carbocycles. The highest BCUT2D eigenvalue weighted by Crippen LogP contribution is 2.75. The van der Waals surface area contributed by atoms with Crippen LogP contribution in [0.4, 0.5) is 5.69 Å². The van der Waals surface area contributed by atoms with Crippen molar-refractivity contribution in [3.8, 4) is 5.75 Å². The molecule has 0 spiro atoms. The molecule has 0 unspecified atom stereocenters. The number of unbranched alkanes of at least 4 members (excludes halogenated alkanes) is 2. The van der Waals surface area contributed by atoms with Crippen LogP contribution in [0.5, 0.6) is 5.75 Å². The van der Waals surface area contributed by atoms with E-state index in [1.807, 2.05) is 13.0 Å². The summed E-state index contributed by atoms with van der Waals surface area (Å²) in [5.41, 5.74) is -3.84. The molecule has 0 aromatic heterocycles. The summed E-state index contributed by atoms with van der Waals surface area (Å²) in [7, 11) is 0. The minimum atomic E-state index is -1.51. The molecule has 0 bridgehead atoms. The van der Waals surface area contributed by atoms with E-state index in [0.29, 0.717) is 68.7 Å². The lowest BCUT2D eigenvalue weighted by Crippen LogP contribution is -2.69. The predicted octanol–water partition coefficient (Wildman–Crippen LogP) is 5.78. The molecule has 0 radical (unpaired) electrons. The molecule has 2 heterocycles. The molecular formula is C47H67NO9. The highest BCUT2D eigenvalue weighted by atomic mass is 16.6. The zero-order chi connectivity index (χ0) is 40.9. The molecule has 3 saturated carbocycles. The lowest BCUT2D eigenvalue weighted by Gasteiger charge is -2.66. The third-order valence-electron chi connectivity index (χ3n) is 17.2. The molecule has 2 aliphatic heterocycles. The summed E-state index contributed by atoms with van der Waals surface area (Å²) in [5.74, 6) is -0.333. The van der Waals surface area contributed by atoms with Crippen molar-refractivity contribution in [1.82, 2.24) is 0 Å². The highest BCUT2D eigenvalue weighted by Gasteiger charge is 2.77. The molecule has 6 N–H and O–H groups in total. The van der Waals surface area contributed by atoms with Gasteiger partial charge in [-0.3, -0.25) is 9.59 Å². The summed E-state index contributed by atoms with van der Waals surface area (Å²) in [6.07, 6.45) is 10.6. The van der Waals surface area contributed by atoms with E-state index in [9.17, 15) is 40.2 Å². The molecule has 10 heteroatoms. The lowest BCUT2D eigenvalue weighted by molar-refractivity contribution is -0.203. The standard InChI is InChI=1S/C47H67NO9/c1-6-7-8-10-30-19-40(54)48(25-30)32-17-29(18-33(50)21-32)12-15-45-31-11-9-14-46(55,42-41(57-42)28(4)27(2)3)38(45)13-16-47(45,56)35-22-39(53)44(26-49)24-37(52)36(51)23-43(44,5)34(35)20-31/h9,11,17-18,21-22,27-28,30-31,34,36-38,41-42,49-52,55-56H,6-8,10,12-16,19-20,23-26H2,1-5H3/t28-,30+,31-,34+,36+,37-,38-,41+,42+,43-,44+,45-,46-,47-/m1/s1. The first-order valence-electron chi connectivity index (χ1n) is 22.1. The maximum atomic E-state index is 14.5. The molecule has 7 aliphatic rings. The van der Waals surface area contributed by atoms with E-state index in [2.05, 4.69) is 39.8 Å². The number of amides is 1. The molecule has 1 aromatic carbocycles. The van der Waals surface area contributed by atoms with Gasteiger partial charge in [0, 0.05) is 36.1 Å². The van der Waals surface area contributed by atoms with Gasteiger partial charge >= 0.3 is 0 Å². The second kappa shape index (κ2) is 14.5. The van der Waals surface area contributed by atoms with E-state index in [-0.39, 0.29) is 60.1 Å². The number of epoxide rings is 1. The van der Waals surface area contributed by atoms with Crippen LogP contribution in [0.15, 0.2) is 42.0 Å². The Hall–Kier alpha value is -2.60. The number of hydrogen-bond acceptors (Lipinski definition) is 9. The number of aromatic hydroxyl groups is 1. The van der Waals surface area contributed by atoms with Crippen LogP contribution >= 0.6 is 0 Å². The Kier molecular flexibility index (Phi) is 10.5. The fraction of sp³-hybridized carbons (Fsp3) is 0.745. The Balaban J connectivity index is 1.20. The fourth-order valence-electron chi connectivity index (χ4n) is 13.7. The quantitative estimate of drug-likeness (QED) is 0.0873. The van der Waals surface area contributed by atoms with E-state index in [0.717, 1.165) is 31.2 Å².